The van der Waals surface area contributed by atoms with Crippen LogP contribution in [-0.4, -0.2) is 37.6 Å². The summed E-state index contributed by atoms with van der Waals surface area (Å²) in [5, 5.41) is 7.30. The van der Waals surface area contributed by atoms with Gasteiger partial charge in [-0.25, -0.2) is 8.42 Å². The van der Waals surface area contributed by atoms with Crippen LogP contribution in [0, 0.1) is 0 Å². The highest BCUT2D eigenvalue weighted by molar-refractivity contribution is 7.92. The maximum Gasteiger partial charge on any atom is 0.236 e. The molecule has 1 rings (SSSR count). The van der Waals surface area contributed by atoms with Crippen molar-refractivity contribution >= 4 is 27.4 Å². The molecule has 0 aliphatic carbocycles. The van der Waals surface area contributed by atoms with Crippen molar-refractivity contribution in [2.45, 2.75) is 6.92 Å². The van der Waals surface area contributed by atoms with Crippen molar-refractivity contribution in [3.05, 3.63) is 17.3 Å². The molecule has 0 saturated carbocycles. The van der Waals surface area contributed by atoms with Gasteiger partial charge in [0.15, 0.2) is 11.0 Å². The van der Waals surface area contributed by atoms with Gasteiger partial charge in [-0.1, -0.05) is 11.6 Å². The minimum atomic E-state index is -3.44. The van der Waals surface area contributed by atoms with Gasteiger partial charge >= 0.3 is 0 Å². The zero-order chi connectivity index (χ0) is 12.0. The second-order valence-corrected chi connectivity index (χ2v) is 5.09. The van der Waals surface area contributed by atoms with E-state index in [4.69, 9.17) is 16.3 Å². The van der Waals surface area contributed by atoms with E-state index in [-0.39, 0.29) is 23.3 Å². The molecule has 1 aromatic rings. The molecular formula is C8H12ClN3O3S. The molecule has 0 saturated heterocycles. The maximum absolute atomic E-state index is 11.5. The zero-order valence-corrected chi connectivity index (χ0v) is 10.3. The van der Waals surface area contributed by atoms with E-state index in [0.29, 0.717) is 6.61 Å². The van der Waals surface area contributed by atoms with E-state index < -0.39 is 10.0 Å². The van der Waals surface area contributed by atoms with Crippen molar-refractivity contribution in [1.82, 2.24) is 10.2 Å². The van der Waals surface area contributed by atoms with E-state index in [1.54, 1.807) is 6.92 Å². The van der Waals surface area contributed by atoms with Crippen LogP contribution in [0.25, 0.3) is 0 Å². The van der Waals surface area contributed by atoms with Gasteiger partial charge in [0.2, 0.25) is 10.0 Å². The van der Waals surface area contributed by atoms with Gasteiger partial charge in [-0.05, 0) is 19.1 Å². The lowest BCUT2D eigenvalue weighted by Gasteiger charge is -2.06. The van der Waals surface area contributed by atoms with E-state index >= 15 is 0 Å². The number of hydrogen-bond acceptors (Lipinski definition) is 5. The van der Waals surface area contributed by atoms with Crippen molar-refractivity contribution in [1.29, 1.82) is 0 Å². The van der Waals surface area contributed by atoms with Crippen molar-refractivity contribution in [3.63, 3.8) is 0 Å². The van der Waals surface area contributed by atoms with E-state index in [0.717, 1.165) is 0 Å². The van der Waals surface area contributed by atoms with Crippen molar-refractivity contribution in [3.8, 4) is 0 Å². The molecule has 0 aliphatic heterocycles. The Morgan fingerprint density at radius 2 is 2.19 bits per heavy atom. The first-order valence-corrected chi connectivity index (χ1v) is 6.64. The third-order valence-electron chi connectivity index (χ3n) is 1.59. The van der Waals surface area contributed by atoms with Gasteiger partial charge in [0, 0.05) is 6.61 Å². The molecule has 1 aromatic heterocycles. The first-order valence-electron chi connectivity index (χ1n) is 4.61. The molecule has 8 heteroatoms. The quantitative estimate of drug-likeness (QED) is 0.773. The molecule has 16 heavy (non-hydrogen) atoms. The molecule has 1 N–H and O–H groups in total. The number of halogens is 1. The number of aromatic nitrogens is 2. The van der Waals surface area contributed by atoms with Gasteiger partial charge in [-0.2, -0.15) is 0 Å². The van der Waals surface area contributed by atoms with E-state index in [9.17, 15) is 8.42 Å². The van der Waals surface area contributed by atoms with Crippen LogP contribution < -0.4 is 4.72 Å². The monoisotopic (exact) mass is 265 g/mol. The van der Waals surface area contributed by atoms with Crippen LogP contribution in [0.4, 0.5) is 5.82 Å². The summed E-state index contributed by atoms with van der Waals surface area (Å²) >= 11 is 5.51. The predicted octanol–water partition coefficient (Wildman–Crippen LogP) is 0.908. The van der Waals surface area contributed by atoms with Gasteiger partial charge in [-0.15, -0.1) is 10.2 Å². The largest absolute Gasteiger partial charge is 0.381 e. The lowest BCUT2D eigenvalue weighted by Crippen LogP contribution is -2.20. The molecule has 0 spiro atoms. The fraction of sp³-hybridized carbons (Fsp3) is 0.500. The Bertz CT molecular complexity index is 421. The first kappa shape index (κ1) is 13.1. The normalized spacial score (nSPS) is 11.4. The van der Waals surface area contributed by atoms with Crippen LogP contribution in [0.15, 0.2) is 12.1 Å². The van der Waals surface area contributed by atoms with E-state index in [2.05, 4.69) is 14.9 Å². The second-order valence-electron chi connectivity index (χ2n) is 2.86. The van der Waals surface area contributed by atoms with Gasteiger partial charge < -0.3 is 4.74 Å². The number of hydrogen-bond donors (Lipinski definition) is 1. The van der Waals surface area contributed by atoms with E-state index in [1.165, 1.54) is 12.1 Å². The molecule has 0 aliphatic rings. The third kappa shape index (κ3) is 4.73. The summed E-state index contributed by atoms with van der Waals surface area (Å²) in [7, 11) is -3.44. The minimum absolute atomic E-state index is 0.120. The van der Waals surface area contributed by atoms with Crippen LogP contribution in [0.2, 0.25) is 5.15 Å². The summed E-state index contributed by atoms with van der Waals surface area (Å²) in [5.41, 5.74) is 0. The molecule has 0 atom stereocenters. The summed E-state index contributed by atoms with van der Waals surface area (Å²) in [5.74, 6) is 0.0198. The standard InChI is InChI=1S/C8H12ClN3O3S/c1-2-15-5-6-16(13,14)12-8-4-3-7(9)10-11-8/h3-4H,2,5-6H2,1H3,(H,11,12). The Morgan fingerprint density at radius 1 is 1.44 bits per heavy atom. The highest BCUT2D eigenvalue weighted by atomic mass is 35.5. The molecule has 0 bridgehead atoms. The number of nitrogens with one attached hydrogen (secondary N) is 1. The van der Waals surface area contributed by atoms with Crippen LogP contribution in [-0.2, 0) is 14.8 Å². The smallest absolute Gasteiger partial charge is 0.236 e. The predicted molar refractivity (Wildman–Crippen MR) is 60.9 cm³/mol. The Balaban J connectivity index is 2.55. The summed E-state index contributed by atoms with van der Waals surface area (Å²) < 4.78 is 30.1. The Morgan fingerprint density at radius 3 is 2.75 bits per heavy atom. The molecular weight excluding hydrogens is 254 g/mol. The second kappa shape index (κ2) is 5.97. The fourth-order valence-electron chi connectivity index (χ4n) is 0.894. The summed E-state index contributed by atoms with van der Waals surface area (Å²) in [4.78, 5) is 0. The lowest BCUT2D eigenvalue weighted by atomic mass is 10.5. The maximum atomic E-state index is 11.5. The van der Waals surface area contributed by atoms with Gasteiger partial charge in [0.25, 0.3) is 0 Å². The number of nitrogens with zero attached hydrogens (tertiary/aromatic N) is 2. The molecule has 0 fully saturated rings. The number of anilines is 1. The highest BCUT2D eigenvalue weighted by Gasteiger charge is 2.11. The number of ether oxygens (including phenoxy) is 1. The van der Waals surface area contributed by atoms with Gasteiger partial charge in [0.05, 0.1) is 12.4 Å². The van der Waals surface area contributed by atoms with Crippen LogP contribution >= 0.6 is 11.6 Å². The average molecular weight is 266 g/mol. The molecule has 0 amide bonds. The minimum Gasteiger partial charge on any atom is -0.381 e. The summed E-state index contributed by atoms with van der Waals surface area (Å²) in [6.45, 7) is 2.42. The average Bonchev–Trinajstić information content (AvgIpc) is 2.21. The Kier molecular flexibility index (Phi) is 4.91. The van der Waals surface area contributed by atoms with Crippen LogP contribution in [0.3, 0.4) is 0 Å². The lowest BCUT2D eigenvalue weighted by molar-refractivity contribution is 0.163. The topological polar surface area (TPSA) is 81.2 Å². The Hall–Kier alpha value is -0.920. The van der Waals surface area contributed by atoms with Crippen LogP contribution in [0.5, 0.6) is 0 Å². The zero-order valence-electron chi connectivity index (χ0n) is 8.68. The van der Waals surface area contributed by atoms with Crippen molar-refractivity contribution in [2.24, 2.45) is 0 Å². The number of rotatable bonds is 6. The van der Waals surface area contributed by atoms with Crippen molar-refractivity contribution in [2.75, 3.05) is 23.7 Å². The molecule has 90 valence electrons. The summed E-state index contributed by atoms with van der Waals surface area (Å²) in [6, 6.07) is 2.89. The number of sulfonamides is 1. The van der Waals surface area contributed by atoms with Gasteiger partial charge in [0.1, 0.15) is 0 Å². The highest BCUT2D eigenvalue weighted by Crippen LogP contribution is 2.07. The van der Waals surface area contributed by atoms with Crippen molar-refractivity contribution < 1.29 is 13.2 Å². The molecule has 1 heterocycles. The summed E-state index contributed by atoms with van der Waals surface area (Å²) in [6.07, 6.45) is 0. The van der Waals surface area contributed by atoms with Gasteiger partial charge in [-0.3, -0.25) is 4.72 Å². The first-order chi connectivity index (χ1) is 7.53. The third-order valence-corrected chi connectivity index (χ3v) is 3.02. The Labute approximate surface area is 99.0 Å². The van der Waals surface area contributed by atoms with Crippen LogP contribution in [0.1, 0.15) is 6.92 Å². The fourth-order valence-corrected chi connectivity index (χ4v) is 1.86. The molecule has 0 aromatic carbocycles. The molecule has 0 unspecified atom stereocenters. The molecule has 0 radical (unpaired) electrons. The SMILES string of the molecule is CCOCCS(=O)(=O)Nc1ccc(Cl)nn1. The molecule has 6 nitrogen and oxygen atoms in total. The van der Waals surface area contributed by atoms with E-state index in [1.807, 2.05) is 0 Å².